The molecule has 77 heavy (non-hydrogen) atoms. The van der Waals surface area contributed by atoms with Gasteiger partial charge in [0.2, 0.25) is 41.4 Å². The van der Waals surface area contributed by atoms with Gasteiger partial charge in [0, 0.05) is 13.0 Å². The second-order valence-electron chi connectivity index (χ2n) is 19.9. The van der Waals surface area contributed by atoms with Crippen LogP contribution in [0.4, 0.5) is 0 Å². The first-order chi connectivity index (χ1) is 36.8. The van der Waals surface area contributed by atoms with Gasteiger partial charge in [-0.05, 0) is 112 Å². The van der Waals surface area contributed by atoms with Gasteiger partial charge in [-0.25, -0.2) is 4.79 Å². The molecule has 0 aliphatic rings. The Balaban J connectivity index is 0.0000100. The number of carboxylic acids is 1. The molecule has 0 aliphatic carbocycles. The van der Waals surface area contributed by atoms with Crippen molar-refractivity contribution in [1.29, 1.82) is 0 Å². The molecule has 0 heterocycles. The van der Waals surface area contributed by atoms with Crippen LogP contribution >= 0.6 is 0 Å². The molecule has 0 aromatic heterocycles. The maximum Gasteiger partial charge on any atom is 0.326 e. The zero-order chi connectivity index (χ0) is 57.3. The van der Waals surface area contributed by atoms with Crippen molar-refractivity contribution >= 4 is 47.3 Å². The summed E-state index contributed by atoms with van der Waals surface area (Å²) in [6, 6.07) is 18.9. The molecular weight excluding hydrogens is 983 g/mol. The zero-order valence-corrected chi connectivity index (χ0v) is 46.1. The summed E-state index contributed by atoms with van der Waals surface area (Å²) in [7, 11) is 0. The van der Waals surface area contributed by atoms with Gasteiger partial charge in [-0.3, -0.25) is 33.6 Å². The first kappa shape index (κ1) is 66.4. The van der Waals surface area contributed by atoms with Crippen molar-refractivity contribution in [2.24, 2.45) is 34.8 Å². The lowest BCUT2D eigenvalue weighted by Crippen LogP contribution is -2.58. The number of carbonyl (C=O) groups is 8. The van der Waals surface area contributed by atoms with E-state index in [1.807, 2.05) is 133 Å². The SMILES string of the molecule is CC.CC(C)C[C@@H](NC(=O)[C@H](N)Cc1ccccc1)C(=O)N[C@H](CCCN)C(=O)N[C@H](CCCCNC(=O)[C@@H](CCCN)NC(=O)[C@@H](CC(C)C)NC(=O)[C@@H](Cc1ccccc1)NC(=O)[C@H](N)Cc1ccccc1)C(=O)O. The van der Waals surface area contributed by atoms with Crippen LogP contribution in [0.15, 0.2) is 91.0 Å². The van der Waals surface area contributed by atoms with E-state index < -0.39 is 95.7 Å². The summed E-state index contributed by atoms with van der Waals surface area (Å²) in [5.41, 5.74) is 26.5. The molecule has 7 amide bonds. The average molecular weight is 1070 g/mol. The van der Waals surface area contributed by atoms with Crippen LogP contribution in [0.25, 0.3) is 0 Å². The monoisotopic (exact) mass is 1070 g/mol. The lowest BCUT2D eigenvalue weighted by Gasteiger charge is -2.27. The molecule has 0 saturated carbocycles. The van der Waals surface area contributed by atoms with Crippen LogP contribution in [0.5, 0.6) is 0 Å². The molecule has 0 unspecified atom stereocenters. The summed E-state index contributed by atoms with van der Waals surface area (Å²) < 4.78 is 0. The van der Waals surface area contributed by atoms with Crippen LogP contribution in [0.2, 0.25) is 0 Å². The molecule has 426 valence electrons. The van der Waals surface area contributed by atoms with Crippen molar-refractivity contribution in [2.75, 3.05) is 19.6 Å². The number of hydrogen-bond acceptors (Lipinski definition) is 12. The normalized spacial score (nSPS) is 14.1. The molecule has 0 radical (unpaired) electrons. The molecule has 3 rings (SSSR count). The van der Waals surface area contributed by atoms with Gasteiger partial charge in [0.1, 0.15) is 36.3 Å². The topological polar surface area (TPSA) is 345 Å². The number of rotatable bonds is 35. The lowest BCUT2D eigenvalue weighted by molar-refractivity contribution is -0.142. The Hall–Kier alpha value is -6.74. The number of benzene rings is 3. The van der Waals surface area contributed by atoms with E-state index in [0.29, 0.717) is 19.3 Å². The third-order valence-electron chi connectivity index (χ3n) is 12.4. The van der Waals surface area contributed by atoms with Gasteiger partial charge in [0.05, 0.1) is 12.1 Å². The van der Waals surface area contributed by atoms with E-state index in [-0.39, 0.29) is 89.3 Å². The fourth-order valence-corrected chi connectivity index (χ4v) is 8.28. The van der Waals surface area contributed by atoms with Gasteiger partial charge in [0.15, 0.2) is 0 Å². The van der Waals surface area contributed by atoms with Crippen LogP contribution < -0.4 is 60.2 Å². The second-order valence-corrected chi connectivity index (χ2v) is 19.9. The first-order valence-electron chi connectivity index (χ1n) is 27.2. The van der Waals surface area contributed by atoms with E-state index in [1.54, 1.807) is 0 Å². The van der Waals surface area contributed by atoms with E-state index in [4.69, 9.17) is 22.9 Å². The predicted molar refractivity (Wildman–Crippen MR) is 299 cm³/mol. The molecule has 16 N–H and O–H groups in total. The number of unbranched alkanes of at least 4 members (excludes halogenated alkanes) is 1. The number of aliphatic carboxylic acids is 1. The summed E-state index contributed by atoms with van der Waals surface area (Å²) in [5.74, 6) is -5.56. The van der Waals surface area contributed by atoms with E-state index >= 15 is 0 Å². The quantitative estimate of drug-likeness (QED) is 0.0377. The molecule has 0 fully saturated rings. The smallest absolute Gasteiger partial charge is 0.326 e. The van der Waals surface area contributed by atoms with Gasteiger partial charge >= 0.3 is 5.97 Å². The van der Waals surface area contributed by atoms with Crippen molar-refractivity contribution in [3.63, 3.8) is 0 Å². The van der Waals surface area contributed by atoms with Gasteiger partial charge < -0.3 is 65.3 Å². The van der Waals surface area contributed by atoms with Gasteiger partial charge in [-0.1, -0.05) is 133 Å². The van der Waals surface area contributed by atoms with E-state index in [0.717, 1.165) is 16.7 Å². The molecular formula is C57H89N11O9. The Labute approximate surface area is 455 Å². The van der Waals surface area contributed by atoms with Crippen LogP contribution in [0, 0.1) is 11.8 Å². The number of carbonyl (C=O) groups excluding carboxylic acids is 7. The largest absolute Gasteiger partial charge is 0.480 e. The molecule has 8 atom stereocenters. The fourth-order valence-electron chi connectivity index (χ4n) is 8.28. The molecule has 0 spiro atoms. The van der Waals surface area contributed by atoms with E-state index in [9.17, 15) is 43.5 Å². The highest BCUT2D eigenvalue weighted by Gasteiger charge is 2.33. The number of amides is 7. The highest BCUT2D eigenvalue weighted by Crippen LogP contribution is 2.13. The minimum absolute atomic E-state index is 0.0194. The highest BCUT2D eigenvalue weighted by molar-refractivity contribution is 5.96. The summed E-state index contributed by atoms with van der Waals surface area (Å²) in [5, 5.41) is 29.3. The maximum atomic E-state index is 14.0. The molecule has 3 aromatic rings. The number of hydrogen-bond donors (Lipinski definition) is 12. The van der Waals surface area contributed by atoms with Crippen molar-refractivity contribution in [2.45, 2.75) is 167 Å². The highest BCUT2D eigenvalue weighted by atomic mass is 16.4. The van der Waals surface area contributed by atoms with Gasteiger partial charge in [-0.15, -0.1) is 0 Å². The Kier molecular flexibility index (Phi) is 32.0. The van der Waals surface area contributed by atoms with Gasteiger partial charge in [-0.2, -0.15) is 0 Å². The Morgan fingerprint density at radius 2 is 0.740 bits per heavy atom. The minimum atomic E-state index is -1.34. The van der Waals surface area contributed by atoms with E-state index in [1.165, 1.54) is 0 Å². The maximum absolute atomic E-state index is 14.0. The summed E-state index contributed by atoms with van der Waals surface area (Å²) >= 11 is 0. The standard InChI is InChI=1S/C55H83N11O9.C2H6/c1-35(2)30-45(64-48(67)40(58)32-37-18-8-5-9-19-37)52(71)62-43(26-17-28-57)51(70)63-44(55(74)75)24-14-15-29-60-50(69)42(25-16-27-56)61-53(72)46(31-36(3)4)66-54(73)47(34-39-22-12-7-13-23-39)65-49(68)41(59)33-38-20-10-6-11-21-38;1-2/h5-13,18-23,35-36,40-47H,14-17,24-34,56-59H2,1-4H3,(H,60,69)(H,61,72)(H,62,71)(H,63,70)(H,64,67)(H,65,68)(H,66,73)(H,74,75);1-2H3/t40-,41-,42-,43-,44-,45-,46-,47-;/m1./s1. The van der Waals surface area contributed by atoms with Crippen molar-refractivity contribution in [1.82, 2.24) is 37.2 Å². The van der Waals surface area contributed by atoms with Crippen LogP contribution in [0.1, 0.15) is 116 Å². The molecule has 3 aromatic carbocycles. The molecule has 20 heteroatoms. The number of nitrogens with two attached hydrogens (primary N) is 4. The fraction of sp³-hybridized carbons (Fsp3) is 0.544. The van der Waals surface area contributed by atoms with Crippen LogP contribution in [0.3, 0.4) is 0 Å². The van der Waals surface area contributed by atoms with Gasteiger partial charge in [0.25, 0.3) is 0 Å². The summed E-state index contributed by atoms with van der Waals surface area (Å²) in [6.45, 7) is 12.1. The Bertz CT molecular complexity index is 2240. The zero-order valence-electron chi connectivity index (χ0n) is 46.1. The average Bonchev–Trinajstić information content (AvgIpc) is 3.40. The van der Waals surface area contributed by atoms with E-state index in [2.05, 4.69) is 37.2 Å². The Morgan fingerprint density at radius 1 is 0.416 bits per heavy atom. The summed E-state index contributed by atoms with van der Waals surface area (Å²) in [4.78, 5) is 108. The second kappa shape index (κ2) is 37.1. The predicted octanol–water partition coefficient (Wildman–Crippen LogP) is 2.25. The van der Waals surface area contributed by atoms with Crippen molar-refractivity contribution in [3.05, 3.63) is 108 Å². The number of carboxylic acid groups (broad SMARTS) is 1. The van der Waals surface area contributed by atoms with Crippen molar-refractivity contribution < 1.29 is 43.5 Å². The van der Waals surface area contributed by atoms with Crippen LogP contribution in [-0.2, 0) is 57.6 Å². The lowest BCUT2D eigenvalue weighted by atomic mass is 10.00. The molecule has 0 saturated heterocycles. The van der Waals surface area contributed by atoms with Crippen molar-refractivity contribution in [3.8, 4) is 0 Å². The molecule has 0 aliphatic heterocycles. The minimum Gasteiger partial charge on any atom is -0.480 e. The molecule has 0 bridgehead atoms. The first-order valence-corrected chi connectivity index (χ1v) is 27.2. The summed E-state index contributed by atoms with van der Waals surface area (Å²) in [6.07, 6.45) is 2.61. The third kappa shape index (κ3) is 26.2. The molecule has 20 nitrogen and oxygen atoms in total. The Morgan fingerprint density at radius 3 is 1.14 bits per heavy atom. The van der Waals surface area contributed by atoms with Crippen LogP contribution in [-0.4, -0.2) is 120 Å². The third-order valence-corrected chi connectivity index (χ3v) is 12.4. The number of nitrogens with one attached hydrogen (secondary N) is 7.